The van der Waals surface area contributed by atoms with Gasteiger partial charge in [0.25, 0.3) is 0 Å². The van der Waals surface area contributed by atoms with Gasteiger partial charge in [0.15, 0.2) is 0 Å². The third-order valence-electron chi connectivity index (χ3n) is 4.46. The highest BCUT2D eigenvalue weighted by Gasteiger charge is 2.28. The number of amides is 1. The predicted molar refractivity (Wildman–Crippen MR) is 85.4 cm³/mol. The number of aryl methyl sites for hydroxylation is 2. The van der Waals surface area contributed by atoms with Crippen LogP contribution in [0.1, 0.15) is 30.9 Å². The van der Waals surface area contributed by atoms with E-state index in [2.05, 4.69) is 12.2 Å². The number of para-hydroxylation sites is 1. The number of piperidine rings is 1. The molecule has 1 saturated heterocycles. The number of hydrogen-bond acceptors (Lipinski definition) is 3. The molecular weight excluding hydrogens is 264 g/mol. The molecule has 0 saturated carbocycles. The highest BCUT2D eigenvalue weighted by Crippen LogP contribution is 2.23. The average molecular weight is 290 g/mol. The molecule has 2 N–H and O–H groups in total. The molecule has 1 aliphatic rings. The fraction of sp³-hybridized carbons (Fsp3) is 0.588. The van der Waals surface area contributed by atoms with Crippen LogP contribution in [0.5, 0.6) is 0 Å². The van der Waals surface area contributed by atoms with Crippen LogP contribution in [0.25, 0.3) is 0 Å². The molecule has 1 aromatic carbocycles. The van der Waals surface area contributed by atoms with E-state index >= 15 is 0 Å². The zero-order chi connectivity index (χ0) is 15.4. The van der Waals surface area contributed by atoms with Crippen molar-refractivity contribution < 1.29 is 9.90 Å². The van der Waals surface area contributed by atoms with Crippen LogP contribution in [0.2, 0.25) is 0 Å². The van der Waals surface area contributed by atoms with Crippen LogP contribution in [0, 0.1) is 19.8 Å². The van der Waals surface area contributed by atoms with Gasteiger partial charge in [-0.05, 0) is 50.7 Å². The largest absolute Gasteiger partial charge is 0.396 e. The summed E-state index contributed by atoms with van der Waals surface area (Å²) in [5.41, 5.74) is 3.36. The van der Waals surface area contributed by atoms with Crippen molar-refractivity contribution in [3.8, 4) is 0 Å². The molecule has 2 rings (SSSR count). The minimum Gasteiger partial charge on any atom is -0.396 e. The van der Waals surface area contributed by atoms with Crippen molar-refractivity contribution in [3.63, 3.8) is 0 Å². The van der Waals surface area contributed by atoms with E-state index in [4.69, 9.17) is 0 Å². The number of likely N-dealkylation sites (tertiary alicyclic amines) is 1. The SMILES string of the molecule is Cc1cccc(C)c1NCC(=O)N1CC(CO)CCC1C. The van der Waals surface area contributed by atoms with Crippen LogP contribution in [-0.2, 0) is 4.79 Å². The minimum atomic E-state index is 0.114. The second-order valence-corrected chi connectivity index (χ2v) is 6.14. The van der Waals surface area contributed by atoms with Crippen molar-refractivity contribution in [2.75, 3.05) is 25.0 Å². The van der Waals surface area contributed by atoms with Gasteiger partial charge in [0.2, 0.25) is 5.91 Å². The maximum atomic E-state index is 12.4. The molecule has 1 amide bonds. The minimum absolute atomic E-state index is 0.114. The van der Waals surface area contributed by atoms with Crippen molar-refractivity contribution >= 4 is 11.6 Å². The first-order valence-corrected chi connectivity index (χ1v) is 7.73. The summed E-state index contributed by atoms with van der Waals surface area (Å²) in [5.74, 6) is 0.341. The van der Waals surface area contributed by atoms with Gasteiger partial charge < -0.3 is 15.3 Å². The van der Waals surface area contributed by atoms with Crippen LogP contribution in [-0.4, -0.2) is 41.7 Å². The lowest BCUT2D eigenvalue weighted by molar-refractivity contribution is -0.134. The third kappa shape index (κ3) is 3.76. The van der Waals surface area contributed by atoms with E-state index < -0.39 is 0 Å². The smallest absolute Gasteiger partial charge is 0.242 e. The van der Waals surface area contributed by atoms with Gasteiger partial charge in [-0.15, -0.1) is 0 Å². The van der Waals surface area contributed by atoms with Gasteiger partial charge in [0.05, 0.1) is 6.54 Å². The highest BCUT2D eigenvalue weighted by atomic mass is 16.3. The number of carbonyl (C=O) groups excluding carboxylic acids is 1. The Morgan fingerprint density at radius 1 is 1.33 bits per heavy atom. The molecule has 0 aliphatic carbocycles. The number of aliphatic hydroxyl groups excluding tert-OH is 1. The van der Waals surface area contributed by atoms with E-state index in [0.717, 1.165) is 29.7 Å². The predicted octanol–water partition coefficient (Wildman–Crippen LogP) is 2.33. The summed E-state index contributed by atoms with van der Waals surface area (Å²) in [4.78, 5) is 14.4. The third-order valence-corrected chi connectivity index (χ3v) is 4.46. The van der Waals surface area contributed by atoms with E-state index in [0.29, 0.717) is 13.1 Å². The van der Waals surface area contributed by atoms with Crippen LogP contribution in [0.15, 0.2) is 18.2 Å². The summed E-state index contributed by atoms with van der Waals surface area (Å²) in [6.45, 7) is 7.33. The Hall–Kier alpha value is -1.55. The maximum absolute atomic E-state index is 12.4. The average Bonchev–Trinajstić information content (AvgIpc) is 2.47. The summed E-state index contributed by atoms with van der Waals surface area (Å²) in [7, 11) is 0. The molecule has 0 spiro atoms. The Morgan fingerprint density at radius 2 is 2.00 bits per heavy atom. The summed E-state index contributed by atoms with van der Waals surface area (Å²) in [6, 6.07) is 6.38. The molecule has 1 aromatic rings. The number of benzene rings is 1. The quantitative estimate of drug-likeness (QED) is 0.895. The van der Waals surface area contributed by atoms with Crippen molar-refractivity contribution in [1.82, 2.24) is 4.90 Å². The number of aliphatic hydroxyl groups is 1. The zero-order valence-electron chi connectivity index (χ0n) is 13.2. The van der Waals surface area contributed by atoms with Crippen LogP contribution in [0.4, 0.5) is 5.69 Å². The topological polar surface area (TPSA) is 52.6 Å². The summed E-state index contributed by atoms with van der Waals surface area (Å²) in [5, 5.41) is 12.6. The van der Waals surface area contributed by atoms with E-state index in [9.17, 15) is 9.90 Å². The molecule has 2 unspecified atom stereocenters. The first-order valence-electron chi connectivity index (χ1n) is 7.73. The van der Waals surface area contributed by atoms with Gasteiger partial charge in [0.1, 0.15) is 0 Å². The Morgan fingerprint density at radius 3 is 2.62 bits per heavy atom. The normalized spacial score (nSPS) is 22.2. The van der Waals surface area contributed by atoms with Gasteiger partial charge in [0, 0.05) is 24.9 Å². The van der Waals surface area contributed by atoms with E-state index in [1.807, 2.05) is 36.9 Å². The lowest BCUT2D eigenvalue weighted by Gasteiger charge is -2.37. The van der Waals surface area contributed by atoms with E-state index in [1.165, 1.54) is 0 Å². The Kier molecular flexibility index (Phi) is 5.23. The zero-order valence-corrected chi connectivity index (χ0v) is 13.2. The first kappa shape index (κ1) is 15.8. The molecule has 0 aromatic heterocycles. The molecule has 0 radical (unpaired) electrons. The molecular formula is C17H26N2O2. The van der Waals surface area contributed by atoms with Gasteiger partial charge in [-0.25, -0.2) is 0 Å². The van der Waals surface area contributed by atoms with Crippen molar-refractivity contribution in [2.24, 2.45) is 5.92 Å². The molecule has 21 heavy (non-hydrogen) atoms. The fourth-order valence-corrected chi connectivity index (χ4v) is 3.04. The lowest BCUT2D eigenvalue weighted by atomic mass is 9.94. The molecule has 116 valence electrons. The maximum Gasteiger partial charge on any atom is 0.242 e. The van der Waals surface area contributed by atoms with Crippen LogP contribution in [0.3, 0.4) is 0 Å². The van der Waals surface area contributed by atoms with Gasteiger partial charge in [-0.1, -0.05) is 18.2 Å². The Balaban J connectivity index is 1.98. The fourth-order valence-electron chi connectivity index (χ4n) is 3.04. The summed E-state index contributed by atoms with van der Waals surface area (Å²) in [6.07, 6.45) is 1.98. The highest BCUT2D eigenvalue weighted by molar-refractivity contribution is 5.81. The number of hydrogen-bond donors (Lipinski definition) is 2. The van der Waals surface area contributed by atoms with Gasteiger partial charge in [-0.2, -0.15) is 0 Å². The molecule has 2 atom stereocenters. The molecule has 4 nitrogen and oxygen atoms in total. The van der Waals surface area contributed by atoms with Crippen LogP contribution < -0.4 is 5.32 Å². The number of carbonyl (C=O) groups is 1. The molecule has 4 heteroatoms. The first-order chi connectivity index (χ1) is 10.0. The number of anilines is 1. The second kappa shape index (κ2) is 6.94. The lowest BCUT2D eigenvalue weighted by Crippen LogP contribution is -2.48. The van der Waals surface area contributed by atoms with Crippen molar-refractivity contribution in [1.29, 1.82) is 0 Å². The van der Waals surface area contributed by atoms with E-state index in [-0.39, 0.29) is 24.5 Å². The second-order valence-electron chi connectivity index (χ2n) is 6.14. The number of rotatable bonds is 4. The molecule has 0 bridgehead atoms. The number of nitrogens with zero attached hydrogens (tertiary/aromatic N) is 1. The van der Waals surface area contributed by atoms with Gasteiger partial charge >= 0.3 is 0 Å². The molecule has 1 aliphatic heterocycles. The monoisotopic (exact) mass is 290 g/mol. The van der Waals surface area contributed by atoms with Crippen molar-refractivity contribution in [2.45, 2.75) is 39.7 Å². The van der Waals surface area contributed by atoms with E-state index in [1.54, 1.807) is 0 Å². The Bertz CT molecular complexity index is 481. The Labute approximate surface area is 127 Å². The van der Waals surface area contributed by atoms with Gasteiger partial charge in [-0.3, -0.25) is 4.79 Å². The number of nitrogens with one attached hydrogen (secondary N) is 1. The standard InChI is InChI=1S/C17H26N2O2/c1-12-5-4-6-13(2)17(12)18-9-16(21)19-10-15(11-20)8-7-14(19)3/h4-6,14-15,18,20H,7-11H2,1-3H3. The molecule has 1 heterocycles. The molecule has 1 fully saturated rings. The summed E-state index contributed by atoms with van der Waals surface area (Å²) < 4.78 is 0. The van der Waals surface area contributed by atoms with Crippen LogP contribution >= 0.6 is 0 Å². The van der Waals surface area contributed by atoms with Crippen molar-refractivity contribution in [3.05, 3.63) is 29.3 Å². The summed E-state index contributed by atoms with van der Waals surface area (Å²) >= 11 is 0.